The predicted octanol–water partition coefficient (Wildman–Crippen LogP) is 2.18. The number of aromatic nitrogens is 2. The van der Waals surface area contributed by atoms with E-state index in [0.717, 1.165) is 22.2 Å². The molecule has 0 atom stereocenters. The molecule has 0 fully saturated rings. The Morgan fingerprint density at radius 1 is 1.08 bits per heavy atom. The maximum absolute atomic E-state index is 9.55. The highest BCUT2D eigenvalue weighted by Gasteiger charge is 2.11. The van der Waals surface area contributed by atoms with Gasteiger partial charge in [0.2, 0.25) is 0 Å². The van der Waals surface area contributed by atoms with Crippen molar-refractivity contribution in [2.24, 2.45) is 0 Å². The summed E-state index contributed by atoms with van der Waals surface area (Å²) in [4.78, 5) is 23.2. The zero-order chi connectivity index (χ0) is 17.5. The molecule has 4 N–H and O–H groups in total. The van der Waals surface area contributed by atoms with Gasteiger partial charge in [-0.15, -0.1) is 0 Å². The standard InChI is InChI=1S/C12H9N3O.C4H4O4/c13-10-5-6-14-7-9(10)12-8-3-1-2-4-11(8)16-15-12;5-3(6)1-2-4(7)8/h1-7H,(H2,13,14);1-2H,(H,5,6)(H,7,8). The van der Waals surface area contributed by atoms with Gasteiger partial charge in [0.1, 0.15) is 5.69 Å². The number of carbonyl (C=O) groups is 2. The van der Waals surface area contributed by atoms with E-state index in [1.54, 1.807) is 18.5 Å². The summed E-state index contributed by atoms with van der Waals surface area (Å²) < 4.78 is 5.23. The molecule has 3 aromatic rings. The molecule has 8 nitrogen and oxygen atoms in total. The molecule has 0 spiro atoms. The van der Waals surface area contributed by atoms with Crippen molar-refractivity contribution in [1.82, 2.24) is 10.1 Å². The smallest absolute Gasteiger partial charge is 0.328 e. The van der Waals surface area contributed by atoms with Crippen molar-refractivity contribution in [3.63, 3.8) is 0 Å². The first-order chi connectivity index (χ1) is 11.5. The minimum Gasteiger partial charge on any atom is -0.478 e. The molecule has 1 aromatic carbocycles. The molecule has 0 aliphatic rings. The van der Waals surface area contributed by atoms with Gasteiger partial charge in [-0.1, -0.05) is 17.3 Å². The fraction of sp³-hybridized carbons (Fsp3) is 0. The number of hydrogen-bond acceptors (Lipinski definition) is 6. The number of carboxylic acids is 2. The quantitative estimate of drug-likeness (QED) is 0.622. The molecule has 0 aliphatic heterocycles. The number of hydrogen-bond donors (Lipinski definition) is 3. The van der Waals surface area contributed by atoms with Crippen molar-refractivity contribution in [3.05, 3.63) is 54.9 Å². The summed E-state index contributed by atoms with van der Waals surface area (Å²) in [7, 11) is 0. The molecular weight excluding hydrogens is 314 g/mol. The normalized spacial score (nSPS) is 10.3. The van der Waals surface area contributed by atoms with E-state index in [4.69, 9.17) is 20.5 Å². The van der Waals surface area contributed by atoms with E-state index in [-0.39, 0.29) is 0 Å². The maximum atomic E-state index is 9.55. The molecule has 122 valence electrons. The largest absolute Gasteiger partial charge is 0.478 e. The first-order valence-electron chi connectivity index (χ1n) is 6.67. The summed E-state index contributed by atoms with van der Waals surface area (Å²) in [6.07, 6.45) is 4.46. The van der Waals surface area contributed by atoms with Gasteiger partial charge in [0.15, 0.2) is 5.58 Å². The average molecular weight is 327 g/mol. The molecule has 8 heteroatoms. The Balaban J connectivity index is 0.000000224. The van der Waals surface area contributed by atoms with Crippen molar-refractivity contribution < 1.29 is 24.3 Å². The van der Waals surface area contributed by atoms with Gasteiger partial charge in [0, 0.05) is 41.2 Å². The molecule has 0 saturated carbocycles. The molecular formula is C16H13N3O5. The lowest BCUT2D eigenvalue weighted by atomic mass is 10.1. The average Bonchev–Trinajstić information content (AvgIpc) is 2.98. The minimum atomic E-state index is -1.26. The fourth-order valence-electron chi connectivity index (χ4n) is 1.83. The van der Waals surface area contributed by atoms with E-state index >= 15 is 0 Å². The zero-order valence-electron chi connectivity index (χ0n) is 12.3. The van der Waals surface area contributed by atoms with Crippen molar-refractivity contribution in [1.29, 1.82) is 0 Å². The molecule has 0 bridgehead atoms. The second kappa shape index (κ2) is 7.54. The van der Waals surface area contributed by atoms with Crippen LogP contribution in [-0.2, 0) is 9.59 Å². The zero-order valence-corrected chi connectivity index (χ0v) is 12.3. The van der Waals surface area contributed by atoms with Crippen molar-refractivity contribution in [2.75, 3.05) is 5.73 Å². The Hall–Kier alpha value is -3.68. The van der Waals surface area contributed by atoms with E-state index in [2.05, 4.69) is 10.1 Å². The van der Waals surface area contributed by atoms with Crippen molar-refractivity contribution in [3.8, 4) is 11.3 Å². The van der Waals surface area contributed by atoms with Crippen LogP contribution in [0, 0.1) is 0 Å². The number of nitrogens with zero attached hydrogens (tertiary/aromatic N) is 2. The second-order valence-corrected chi connectivity index (χ2v) is 4.50. The van der Waals surface area contributed by atoms with Gasteiger partial charge in [-0.05, 0) is 18.2 Å². The van der Waals surface area contributed by atoms with Crippen LogP contribution in [0.3, 0.4) is 0 Å². The summed E-state index contributed by atoms with van der Waals surface area (Å²) in [6.45, 7) is 0. The van der Waals surface area contributed by atoms with Crippen LogP contribution >= 0.6 is 0 Å². The third kappa shape index (κ3) is 4.17. The van der Waals surface area contributed by atoms with Crippen molar-refractivity contribution in [2.45, 2.75) is 0 Å². The topological polar surface area (TPSA) is 140 Å². The van der Waals surface area contributed by atoms with E-state index in [9.17, 15) is 9.59 Å². The number of benzene rings is 1. The van der Waals surface area contributed by atoms with Crippen LogP contribution in [0.2, 0.25) is 0 Å². The summed E-state index contributed by atoms with van der Waals surface area (Å²) in [5, 5.41) is 20.6. The Kier molecular flexibility index (Phi) is 5.24. The Morgan fingerprint density at radius 3 is 2.38 bits per heavy atom. The lowest BCUT2D eigenvalue weighted by molar-refractivity contribution is -0.134. The molecule has 2 heterocycles. The van der Waals surface area contributed by atoms with E-state index in [0.29, 0.717) is 17.8 Å². The van der Waals surface area contributed by atoms with E-state index in [1.165, 1.54) is 0 Å². The Morgan fingerprint density at radius 2 is 1.75 bits per heavy atom. The van der Waals surface area contributed by atoms with Crippen LogP contribution in [-0.4, -0.2) is 32.3 Å². The highest BCUT2D eigenvalue weighted by molar-refractivity contribution is 5.94. The molecule has 0 saturated heterocycles. The number of aliphatic carboxylic acids is 2. The Labute approximate surface area is 135 Å². The van der Waals surface area contributed by atoms with Gasteiger partial charge in [-0.25, -0.2) is 9.59 Å². The van der Waals surface area contributed by atoms with Crippen LogP contribution < -0.4 is 5.73 Å². The lowest BCUT2D eigenvalue weighted by Crippen LogP contribution is -1.91. The lowest BCUT2D eigenvalue weighted by Gasteiger charge is -1.99. The van der Waals surface area contributed by atoms with E-state index < -0.39 is 11.9 Å². The molecule has 0 amide bonds. The number of carboxylic acid groups (broad SMARTS) is 2. The van der Waals surface area contributed by atoms with Gasteiger partial charge in [-0.2, -0.15) is 0 Å². The van der Waals surface area contributed by atoms with Gasteiger partial charge in [0.25, 0.3) is 0 Å². The van der Waals surface area contributed by atoms with Crippen LogP contribution in [0.5, 0.6) is 0 Å². The van der Waals surface area contributed by atoms with Gasteiger partial charge in [0.05, 0.1) is 0 Å². The van der Waals surface area contributed by atoms with Gasteiger partial charge >= 0.3 is 11.9 Å². The summed E-state index contributed by atoms with van der Waals surface area (Å²) in [5.41, 5.74) is 8.81. The third-order valence-corrected chi connectivity index (χ3v) is 2.86. The van der Waals surface area contributed by atoms with Crippen LogP contribution in [0.4, 0.5) is 5.69 Å². The second-order valence-electron chi connectivity index (χ2n) is 4.50. The molecule has 24 heavy (non-hydrogen) atoms. The van der Waals surface area contributed by atoms with Crippen molar-refractivity contribution >= 4 is 28.6 Å². The monoisotopic (exact) mass is 327 g/mol. The van der Waals surface area contributed by atoms with Crippen LogP contribution in [0.25, 0.3) is 22.2 Å². The molecule has 0 radical (unpaired) electrons. The number of pyridine rings is 1. The van der Waals surface area contributed by atoms with Crippen LogP contribution in [0.1, 0.15) is 0 Å². The first-order valence-corrected chi connectivity index (χ1v) is 6.67. The minimum absolute atomic E-state index is 0.558. The number of anilines is 1. The fourth-order valence-corrected chi connectivity index (χ4v) is 1.83. The number of nitrogen functional groups attached to an aromatic ring is 1. The third-order valence-electron chi connectivity index (χ3n) is 2.86. The highest BCUT2D eigenvalue weighted by Crippen LogP contribution is 2.30. The van der Waals surface area contributed by atoms with E-state index in [1.807, 2.05) is 24.3 Å². The first kappa shape index (κ1) is 16.7. The summed E-state index contributed by atoms with van der Waals surface area (Å²) in [5.74, 6) is -2.51. The molecule has 0 unspecified atom stereocenters. The molecule has 0 aliphatic carbocycles. The molecule has 3 rings (SSSR count). The SMILES string of the molecule is Nc1ccncc1-c1noc2ccccc12.O=C(O)C=CC(=O)O. The number of nitrogens with two attached hydrogens (primary N) is 1. The number of para-hydroxylation sites is 1. The van der Waals surface area contributed by atoms with Gasteiger partial charge in [-0.3, -0.25) is 4.98 Å². The number of fused-ring (bicyclic) bond motifs is 1. The highest BCUT2D eigenvalue weighted by atomic mass is 16.5. The summed E-state index contributed by atoms with van der Waals surface area (Å²) >= 11 is 0. The predicted molar refractivity (Wildman–Crippen MR) is 86.1 cm³/mol. The summed E-state index contributed by atoms with van der Waals surface area (Å²) in [6, 6.07) is 9.42. The Bertz CT molecular complexity index is 885. The van der Waals surface area contributed by atoms with Crippen LogP contribution in [0.15, 0.2) is 59.4 Å². The maximum Gasteiger partial charge on any atom is 0.328 e. The number of rotatable bonds is 3. The molecule has 2 aromatic heterocycles. The van der Waals surface area contributed by atoms with Gasteiger partial charge < -0.3 is 20.5 Å².